The molecule has 1 aromatic rings. The second-order valence-corrected chi connectivity index (χ2v) is 7.85. The molecule has 0 fully saturated rings. The number of hydrogen-bond acceptors (Lipinski definition) is 5. The molecule has 0 amide bonds. The summed E-state index contributed by atoms with van der Waals surface area (Å²) in [5.74, 6) is -0.912. The van der Waals surface area contributed by atoms with Crippen molar-refractivity contribution in [2.45, 2.75) is 36.8 Å². The molecule has 20 heavy (non-hydrogen) atoms. The molecular formula is C14H16O5S. The van der Waals surface area contributed by atoms with Gasteiger partial charge >= 0.3 is 5.97 Å². The van der Waals surface area contributed by atoms with Crippen LogP contribution in [0.25, 0.3) is 0 Å². The predicted octanol–water partition coefficient (Wildman–Crippen LogP) is 1.46. The fourth-order valence-electron chi connectivity index (χ4n) is 2.26. The monoisotopic (exact) mass is 296 g/mol. The van der Waals surface area contributed by atoms with Crippen LogP contribution < -0.4 is 0 Å². The lowest BCUT2D eigenvalue weighted by atomic mass is 9.96. The summed E-state index contributed by atoms with van der Waals surface area (Å²) in [4.78, 5) is 23.8. The summed E-state index contributed by atoms with van der Waals surface area (Å²) in [5, 5.41) is 0. The number of aryl methyl sites for hydroxylation is 1. The van der Waals surface area contributed by atoms with Crippen LogP contribution in [0.1, 0.15) is 35.3 Å². The number of fused-ring (bicyclic) bond motifs is 1. The molecule has 2 rings (SSSR count). The zero-order valence-electron chi connectivity index (χ0n) is 11.8. The first kappa shape index (κ1) is 14.7. The predicted molar refractivity (Wildman–Crippen MR) is 72.5 cm³/mol. The van der Waals surface area contributed by atoms with Gasteiger partial charge in [-0.2, -0.15) is 0 Å². The van der Waals surface area contributed by atoms with Gasteiger partial charge in [-0.25, -0.2) is 13.2 Å². The van der Waals surface area contributed by atoms with Crippen LogP contribution in [0.3, 0.4) is 0 Å². The number of methoxy groups -OCH3 is 1. The van der Waals surface area contributed by atoms with Crippen LogP contribution in [0, 0.1) is 6.92 Å². The topological polar surface area (TPSA) is 77.5 Å². The highest BCUT2D eigenvalue weighted by Gasteiger charge is 2.47. The van der Waals surface area contributed by atoms with E-state index >= 15 is 0 Å². The second-order valence-electron chi connectivity index (χ2n) is 5.38. The van der Waals surface area contributed by atoms with Gasteiger partial charge in [0, 0.05) is 6.42 Å². The molecule has 0 atom stereocenters. The quantitative estimate of drug-likeness (QED) is 0.733. The molecule has 0 saturated heterocycles. The Morgan fingerprint density at radius 1 is 1.30 bits per heavy atom. The molecule has 0 spiro atoms. The zero-order valence-corrected chi connectivity index (χ0v) is 12.6. The maximum absolute atomic E-state index is 12.5. The van der Waals surface area contributed by atoms with Crippen molar-refractivity contribution in [1.29, 1.82) is 0 Å². The van der Waals surface area contributed by atoms with E-state index in [9.17, 15) is 18.0 Å². The van der Waals surface area contributed by atoms with E-state index in [1.807, 2.05) is 0 Å². The summed E-state index contributed by atoms with van der Waals surface area (Å²) >= 11 is 0. The molecule has 0 N–H and O–H groups in total. The smallest absolute Gasteiger partial charge is 0.338 e. The number of carbonyl (C=O) groups is 2. The summed E-state index contributed by atoms with van der Waals surface area (Å²) in [7, 11) is -2.49. The normalized spacial score (nSPS) is 19.3. The van der Waals surface area contributed by atoms with E-state index in [4.69, 9.17) is 0 Å². The van der Waals surface area contributed by atoms with E-state index < -0.39 is 20.6 Å². The van der Waals surface area contributed by atoms with Crippen molar-refractivity contribution in [3.63, 3.8) is 0 Å². The van der Waals surface area contributed by atoms with E-state index in [0.717, 1.165) is 0 Å². The highest BCUT2D eigenvalue weighted by atomic mass is 32.2. The van der Waals surface area contributed by atoms with Crippen molar-refractivity contribution in [2.24, 2.45) is 0 Å². The summed E-state index contributed by atoms with van der Waals surface area (Å²) in [6.07, 6.45) is 0.00579. The Labute approximate surface area is 117 Å². The van der Waals surface area contributed by atoms with Gasteiger partial charge in [-0.3, -0.25) is 4.79 Å². The fourth-order valence-corrected chi connectivity index (χ4v) is 3.98. The highest BCUT2D eigenvalue weighted by Crippen LogP contribution is 2.36. The van der Waals surface area contributed by atoms with Crippen LogP contribution >= 0.6 is 0 Å². The maximum atomic E-state index is 12.5. The van der Waals surface area contributed by atoms with Crippen molar-refractivity contribution >= 4 is 21.6 Å². The zero-order chi connectivity index (χ0) is 15.3. The Balaban J connectivity index is 2.74. The Morgan fingerprint density at radius 2 is 1.90 bits per heavy atom. The molecule has 1 heterocycles. The van der Waals surface area contributed by atoms with Gasteiger partial charge in [-0.1, -0.05) is 0 Å². The third-order valence-electron chi connectivity index (χ3n) is 3.80. The number of esters is 1. The fraction of sp³-hybridized carbons (Fsp3) is 0.429. The molecule has 108 valence electrons. The van der Waals surface area contributed by atoms with Crippen LogP contribution in [0.15, 0.2) is 17.0 Å². The van der Waals surface area contributed by atoms with Crippen LogP contribution in [0.4, 0.5) is 0 Å². The second kappa shape index (κ2) is 4.41. The lowest BCUT2D eigenvalue weighted by molar-refractivity contribution is -0.120. The van der Waals surface area contributed by atoms with Gasteiger partial charge in [0.1, 0.15) is 4.75 Å². The molecule has 0 radical (unpaired) electrons. The number of ether oxygens (including phenoxy) is 1. The molecule has 0 unspecified atom stereocenters. The number of sulfone groups is 1. The van der Waals surface area contributed by atoms with Gasteiger partial charge in [0.25, 0.3) is 0 Å². The van der Waals surface area contributed by atoms with Gasteiger partial charge in [0.2, 0.25) is 0 Å². The van der Waals surface area contributed by atoms with Crippen molar-refractivity contribution in [2.75, 3.05) is 7.11 Å². The molecule has 0 aromatic heterocycles. The summed E-state index contributed by atoms with van der Waals surface area (Å²) in [5.41, 5.74) is 1.17. The molecule has 5 nitrogen and oxygen atoms in total. The van der Waals surface area contributed by atoms with Gasteiger partial charge in [-0.15, -0.1) is 0 Å². The number of Topliss-reactive ketones (excluding diaryl/α,β-unsaturated/α-hetero) is 1. The van der Waals surface area contributed by atoms with E-state index in [1.165, 1.54) is 33.1 Å². The molecule has 0 bridgehead atoms. The van der Waals surface area contributed by atoms with E-state index in [-0.39, 0.29) is 22.7 Å². The first-order valence-electron chi connectivity index (χ1n) is 6.12. The number of carbonyl (C=O) groups excluding carboxylic acids is 2. The van der Waals surface area contributed by atoms with Gasteiger partial charge in [-0.05, 0) is 44.0 Å². The first-order chi connectivity index (χ1) is 9.12. The lowest BCUT2D eigenvalue weighted by Gasteiger charge is -2.30. The van der Waals surface area contributed by atoms with Crippen LogP contribution in [-0.2, 0) is 25.8 Å². The Kier molecular flexibility index (Phi) is 3.25. The molecule has 1 aliphatic rings. The minimum Gasteiger partial charge on any atom is -0.465 e. The average Bonchev–Trinajstić information content (AvgIpc) is 2.37. The number of ketones is 1. The Bertz CT molecular complexity index is 713. The molecule has 0 saturated carbocycles. The highest BCUT2D eigenvalue weighted by molar-refractivity contribution is 7.93. The SMILES string of the molecule is COC(=O)c1cc2c(cc1C)S(=O)(=O)C(C)(C)C(=O)C2. The standard InChI is InChI=1S/C14H16O5S/c1-8-5-11-9(6-10(8)13(16)19-4)7-12(15)14(2,3)20(11,17)18/h5-6H,7H2,1-4H3. The maximum Gasteiger partial charge on any atom is 0.338 e. The van der Waals surface area contributed by atoms with Gasteiger partial charge in [0.15, 0.2) is 15.6 Å². The average molecular weight is 296 g/mol. The Hall–Kier alpha value is -1.69. The lowest BCUT2D eigenvalue weighted by Crippen LogP contribution is -2.45. The summed E-state index contributed by atoms with van der Waals surface area (Å²) in [6.45, 7) is 4.47. The largest absolute Gasteiger partial charge is 0.465 e. The molecule has 1 aliphatic heterocycles. The van der Waals surface area contributed by atoms with E-state index in [1.54, 1.807) is 6.92 Å². The number of hydrogen-bond donors (Lipinski definition) is 0. The number of benzene rings is 1. The number of rotatable bonds is 1. The molecular weight excluding hydrogens is 280 g/mol. The first-order valence-corrected chi connectivity index (χ1v) is 7.61. The Morgan fingerprint density at radius 3 is 2.45 bits per heavy atom. The molecule has 6 heteroatoms. The van der Waals surface area contributed by atoms with Crippen LogP contribution in [0.2, 0.25) is 0 Å². The van der Waals surface area contributed by atoms with E-state index in [0.29, 0.717) is 11.1 Å². The molecule has 1 aromatic carbocycles. The minimum absolute atomic E-state index is 0.00579. The third kappa shape index (κ3) is 1.86. The van der Waals surface area contributed by atoms with Crippen molar-refractivity contribution in [1.82, 2.24) is 0 Å². The van der Waals surface area contributed by atoms with Crippen molar-refractivity contribution in [3.8, 4) is 0 Å². The van der Waals surface area contributed by atoms with Crippen molar-refractivity contribution in [3.05, 3.63) is 28.8 Å². The van der Waals surface area contributed by atoms with Crippen LogP contribution in [-0.4, -0.2) is 32.0 Å². The molecule has 0 aliphatic carbocycles. The van der Waals surface area contributed by atoms with Gasteiger partial charge < -0.3 is 4.74 Å². The minimum atomic E-state index is -3.74. The van der Waals surface area contributed by atoms with Gasteiger partial charge in [0.05, 0.1) is 17.6 Å². The van der Waals surface area contributed by atoms with Crippen molar-refractivity contribution < 1.29 is 22.7 Å². The van der Waals surface area contributed by atoms with Crippen LogP contribution in [0.5, 0.6) is 0 Å². The van der Waals surface area contributed by atoms with E-state index in [2.05, 4.69) is 4.74 Å². The summed E-state index contributed by atoms with van der Waals surface area (Å²) < 4.78 is 28.2. The third-order valence-corrected chi connectivity index (χ3v) is 6.33. The summed E-state index contributed by atoms with van der Waals surface area (Å²) in [6, 6.07) is 2.90.